The second-order valence-electron chi connectivity index (χ2n) is 5.74. The van der Waals surface area contributed by atoms with Gasteiger partial charge in [0, 0.05) is 34.2 Å². The van der Waals surface area contributed by atoms with Gasteiger partial charge < -0.3 is 11.5 Å². The smallest absolute Gasteiger partial charge is 0.148 e. The minimum atomic E-state index is -0.291. The van der Waals surface area contributed by atoms with Gasteiger partial charge in [-0.05, 0) is 31.4 Å². The van der Waals surface area contributed by atoms with Crippen LogP contribution in [0.2, 0.25) is 0 Å². The van der Waals surface area contributed by atoms with Crippen molar-refractivity contribution < 1.29 is 9.18 Å². The van der Waals surface area contributed by atoms with E-state index < -0.39 is 0 Å². The average molecular weight is 331 g/mol. The zero-order chi connectivity index (χ0) is 16.4. The number of nitrogens with zero attached hydrogens (tertiary/aromatic N) is 1. The van der Waals surface area contributed by atoms with Gasteiger partial charge in [0.1, 0.15) is 17.1 Å². The average Bonchev–Trinajstić information content (AvgIpc) is 3.00. The topological polar surface area (TPSA) is 82.0 Å². The molecule has 6 heteroatoms. The molecule has 0 spiro atoms. The molecule has 1 aromatic heterocycles. The van der Waals surface area contributed by atoms with E-state index in [1.165, 1.54) is 17.4 Å². The summed E-state index contributed by atoms with van der Waals surface area (Å²) in [4.78, 5) is 15.8. The summed E-state index contributed by atoms with van der Waals surface area (Å²) in [7, 11) is 0. The number of thiazole rings is 1. The Morgan fingerprint density at radius 2 is 2.17 bits per heavy atom. The van der Waals surface area contributed by atoms with Crippen LogP contribution in [-0.4, -0.2) is 17.3 Å². The summed E-state index contributed by atoms with van der Waals surface area (Å²) in [6.07, 6.45) is 2.77. The molecule has 0 fully saturated rings. The first-order valence-corrected chi connectivity index (χ1v) is 8.36. The minimum Gasteiger partial charge on any atom is -0.402 e. The second-order valence-corrected chi connectivity index (χ2v) is 6.59. The Hall–Kier alpha value is -2.05. The number of halogens is 1. The lowest BCUT2D eigenvalue weighted by molar-refractivity contribution is -0.105. The number of hydrogen-bond acceptors (Lipinski definition) is 5. The normalized spacial score (nSPS) is 21.5. The molecule has 4 nitrogen and oxygen atoms in total. The van der Waals surface area contributed by atoms with Gasteiger partial charge >= 0.3 is 0 Å². The van der Waals surface area contributed by atoms with Crippen molar-refractivity contribution >= 4 is 17.6 Å². The molecule has 1 aliphatic rings. The third kappa shape index (κ3) is 3.18. The van der Waals surface area contributed by atoms with Gasteiger partial charge in [0.15, 0.2) is 0 Å². The van der Waals surface area contributed by atoms with Crippen LogP contribution in [0.4, 0.5) is 4.39 Å². The van der Waals surface area contributed by atoms with Crippen LogP contribution in [0.25, 0.3) is 10.6 Å². The van der Waals surface area contributed by atoms with E-state index in [1.807, 2.05) is 5.38 Å². The Morgan fingerprint density at radius 1 is 1.39 bits per heavy atom. The number of benzene rings is 1. The van der Waals surface area contributed by atoms with Gasteiger partial charge in [0.2, 0.25) is 0 Å². The quantitative estimate of drug-likeness (QED) is 0.844. The minimum absolute atomic E-state index is 0.110. The maximum atomic E-state index is 13.8. The van der Waals surface area contributed by atoms with Crippen LogP contribution in [0.3, 0.4) is 0 Å². The van der Waals surface area contributed by atoms with Crippen molar-refractivity contribution in [3.63, 3.8) is 0 Å². The fourth-order valence-electron chi connectivity index (χ4n) is 2.95. The molecule has 1 heterocycles. The van der Waals surface area contributed by atoms with Gasteiger partial charge in [0.05, 0.1) is 5.69 Å². The predicted octanol–water partition coefficient (Wildman–Crippen LogP) is 2.64. The van der Waals surface area contributed by atoms with Gasteiger partial charge in [-0.15, -0.1) is 11.3 Å². The number of carbonyl (C=O) groups is 1. The number of hydrogen-bond donors (Lipinski definition) is 2. The number of allylic oxidation sites excluding steroid dienone is 1. The van der Waals surface area contributed by atoms with E-state index >= 15 is 0 Å². The van der Waals surface area contributed by atoms with Crippen LogP contribution in [0.15, 0.2) is 40.9 Å². The van der Waals surface area contributed by atoms with E-state index in [2.05, 4.69) is 4.98 Å². The molecule has 0 aliphatic heterocycles. The summed E-state index contributed by atoms with van der Waals surface area (Å²) in [6.45, 7) is 0. The third-order valence-electron chi connectivity index (χ3n) is 4.25. The van der Waals surface area contributed by atoms with Crippen molar-refractivity contribution in [2.45, 2.75) is 25.3 Å². The molecule has 2 atom stereocenters. The highest BCUT2D eigenvalue weighted by Gasteiger charge is 2.29. The first-order valence-electron chi connectivity index (χ1n) is 7.48. The third-order valence-corrected chi connectivity index (χ3v) is 5.17. The Balaban J connectivity index is 1.85. The summed E-state index contributed by atoms with van der Waals surface area (Å²) < 4.78 is 13.8. The van der Waals surface area contributed by atoms with E-state index in [0.29, 0.717) is 34.7 Å². The SMILES string of the molecule is NC1=C(C=O)C(Cc2csc(-c3ccccc3F)n2)C(N)CC1. The predicted molar refractivity (Wildman–Crippen MR) is 89.2 cm³/mol. The number of aldehydes is 1. The van der Waals surface area contributed by atoms with Crippen LogP contribution in [0.1, 0.15) is 18.5 Å². The molecule has 4 N–H and O–H groups in total. The number of carbonyl (C=O) groups excluding carboxylic acids is 1. The van der Waals surface area contributed by atoms with Gasteiger partial charge in [0.25, 0.3) is 0 Å². The van der Waals surface area contributed by atoms with Gasteiger partial charge in [-0.1, -0.05) is 12.1 Å². The van der Waals surface area contributed by atoms with Crippen LogP contribution in [0.5, 0.6) is 0 Å². The van der Waals surface area contributed by atoms with Crippen molar-refractivity contribution in [2.75, 3.05) is 0 Å². The van der Waals surface area contributed by atoms with E-state index in [9.17, 15) is 9.18 Å². The van der Waals surface area contributed by atoms with E-state index in [-0.39, 0.29) is 17.8 Å². The maximum Gasteiger partial charge on any atom is 0.148 e. The Bertz CT molecular complexity index is 756. The van der Waals surface area contributed by atoms with Crippen LogP contribution in [-0.2, 0) is 11.2 Å². The molecule has 1 aliphatic carbocycles. The first kappa shape index (κ1) is 15.8. The summed E-state index contributed by atoms with van der Waals surface area (Å²) in [5.41, 5.74) is 14.6. The maximum absolute atomic E-state index is 13.8. The highest BCUT2D eigenvalue weighted by molar-refractivity contribution is 7.13. The number of rotatable bonds is 4. The Labute approximate surface area is 138 Å². The molecule has 1 aromatic carbocycles. The molecule has 2 aromatic rings. The first-order chi connectivity index (χ1) is 11.1. The molecule has 0 radical (unpaired) electrons. The van der Waals surface area contributed by atoms with Crippen molar-refractivity contribution in [2.24, 2.45) is 17.4 Å². The van der Waals surface area contributed by atoms with Gasteiger partial charge in [-0.25, -0.2) is 9.37 Å². The van der Waals surface area contributed by atoms with Crippen LogP contribution >= 0.6 is 11.3 Å². The molecule has 2 unspecified atom stereocenters. The fraction of sp³-hybridized carbons (Fsp3) is 0.294. The molecule has 0 saturated heterocycles. The molecule has 0 bridgehead atoms. The largest absolute Gasteiger partial charge is 0.402 e. The lowest BCUT2D eigenvalue weighted by Crippen LogP contribution is -2.38. The van der Waals surface area contributed by atoms with E-state index in [1.54, 1.807) is 18.2 Å². The zero-order valence-corrected chi connectivity index (χ0v) is 13.4. The summed E-state index contributed by atoms with van der Waals surface area (Å²) in [5, 5.41) is 2.52. The van der Waals surface area contributed by atoms with E-state index in [0.717, 1.165) is 18.4 Å². The molecule has 23 heavy (non-hydrogen) atoms. The Morgan fingerprint density at radius 3 is 2.91 bits per heavy atom. The lowest BCUT2D eigenvalue weighted by atomic mass is 9.80. The van der Waals surface area contributed by atoms with Crippen LogP contribution in [0, 0.1) is 11.7 Å². The van der Waals surface area contributed by atoms with E-state index in [4.69, 9.17) is 11.5 Å². The second kappa shape index (κ2) is 6.60. The molecule has 0 amide bonds. The summed E-state index contributed by atoms with van der Waals surface area (Å²) in [6, 6.07) is 6.45. The molecule has 3 rings (SSSR count). The van der Waals surface area contributed by atoms with Crippen molar-refractivity contribution in [1.29, 1.82) is 0 Å². The summed E-state index contributed by atoms with van der Waals surface area (Å²) >= 11 is 1.39. The highest BCUT2D eigenvalue weighted by Crippen LogP contribution is 2.31. The lowest BCUT2D eigenvalue weighted by Gasteiger charge is -2.29. The van der Waals surface area contributed by atoms with Crippen LogP contribution < -0.4 is 11.5 Å². The number of aromatic nitrogens is 1. The van der Waals surface area contributed by atoms with Crippen molar-refractivity contribution in [3.8, 4) is 10.6 Å². The van der Waals surface area contributed by atoms with Crippen molar-refractivity contribution in [3.05, 3.63) is 52.4 Å². The Kier molecular flexibility index (Phi) is 4.54. The highest BCUT2D eigenvalue weighted by atomic mass is 32.1. The van der Waals surface area contributed by atoms with Gasteiger partial charge in [-0.3, -0.25) is 4.79 Å². The van der Waals surface area contributed by atoms with Gasteiger partial charge in [-0.2, -0.15) is 0 Å². The molecule has 0 saturated carbocycles. The number of nitrogens with two attached hydrogens (primary N) is 2. The molecule has 120 valence electrons. The zero-order valence-electron chi connectivity index (χ0n) is 12.5. The standard InChI is InChI=1S/C17H18FN3OS/c18-14-4-2-1-3-11(14)17-21-10(9-23-17)7-12-13(8-22)16(20)6-5-15(12)19/h1-4,8-9,12,15H,5-7,19-20H2. The van der Waals surface area contributed by atoms with Crippen molar-refractivity contribution in [1.82, 2.24) is 4.98 Å². The molecular weight excluding hydrogens is 313 g/mol. The monoisotopic (exact) mass is 331 g/mol. The summed E-state index contributed by atoms with van der Waals surface area (Å²) in [5.74, 6) is -0.419. The molecular formula is C17H18FN3OS. The fourth-order valence-corrected chi connectivity index (χ4v) is 3.80.